The number of hydrogen-bond acceptors (Lipinski definition) is 4. The van der Waals surface area contributed by atoms with E-state index in [4.69, 9.17) is 5.26 Å². The number of nitriles is 1. The van der Waals surface area contributed by atoms with Gasteiger partial charge < -0.3 is 0 Å². The zero-order valence-electron chi connectivity index (χ0n) is 9.49. The quantitative estimate of drug-likeness (QED) is 0.901. The molecule has 88 valence electrons. The van der Waals surface area contributed by atoms with Crippen molar-refractivity contribution >= 4 is 26.4 Å². The molecule has 1 heterocycles. The van der Waals surface area contributed by atoms with Crippen molar-refractivity contribution in [3.63, 3.8) is 0 Å². The van der Waals surface area contributed by atoms with Crippen molar-refractivity contribution < 1.29 is 8.42 Å². The Labute approximate surface area is 100.0 Å². The van der Waals surface area contributed by atoms with Crippen molar-refractivity contribution in [3.05, 3.63) is 16.0 Å². The predicted molar refractivity (Wildman–Crippen MR) is 66.2 cm³/mol. The standard InChI is InChI=1S/C10H14N2O2S2/c1-4-5-16(13,14)12-10-9(6-11)7(2)8(3)15-10/h12H,4-5H2,1-3H3. The summed E-state index contributed by atoms with van der Waals surface area (Å²) in [6.07, 6.45) is 0.556. The van der Waals surface area contributed by atoms with Crippen molar-refractivity contribution in [2.75, 3.05) is 10.5 Å². The number of thiophene rings is 1. The third kappa shape index (κ3) is 2.74. The molecule has 1 aromatic rings. The molecule has 0 aromatic carbocycles. The Morgan fingerprint density at radius 3 is 2.56 bits per heavy atom. The van der Waals surface area contributed by atoms with Crippen LogP contribution in [0.2, 0.25) is 0 Å². The minimum absolute atomic E-state index is 0.0772. The molecule has 0 fully saturated rings. The van der Waals surface area contributed by atoms with Crippen LogP contribution in [0.15, 0.2) is 0 Å². The van der Waals surface area contributed by atoms with Gasteiger partial charge in [-0.05, 0) is 25.8 Å². The fourth-order valence-corrected chi connectivity index (χ4v) is 3.73. The van der Waals surface area contributed by atoms with Crippen molar-refractivity contribution in [1.82, 2.24) is 0 Å². The largest absolute Gasteiger partial charge is 0.273 e. The molecule has 0 unspecified atom stereocenters. The Balaban J connectivity index is 3.08. The lowest BCUT2D eigenvalue weighted by Crippen LogP contribution is -2.15. The van der Waals surface area contributed by atoms with Gasteiger partial charge in [0.1, 0.15) is 11.1 Å². The van der Waals surface area contributed by atoms with Gasteiger partial charge >= 0.3 is 0 Å². The Hall–Kier alpha value is -1.06. The lowest BCUT2D eigenvalue weighted by atomic mass is 10.2. The van der Waals surface area contributed by atoms with E-state index >= 15 is 0 Å². The minimum atomic E-state index is -3.31. The molecule has 0 radical (unpaired) electrons. The molecule has 0 saturated heterocycles. The number of anilines is 1. The lowest BCUT2D eigenvalue weighted by molar-refractivity contribution is 0.600. The summed E-state index contributed by atoms with van der Waals surface area (Å²) in [6.45, 7) is 5.50. The molecule has 0 spiro atoms. The van der Waals surface area contributed by atoms with Crippen LogP contribution in [0.25, 0.3) is 0 Å². The highest BCUT2D eigenvalue weighted by Gasteiger charge is 2.17. The van der Waals surface area contributed by atoms with E-state index in [0.29, 0.717) is 17.0 Å². The fourth-order valence-electron chi connectivity index (χ4n) is 1.29. The van der Waals surface area contributed by atoms with Gasteiger partial charge in [0.15, 0.2) is 0 Å². The lowest BCUT2D eigenvalue weighted by Gasteiger charge is -2.04. The molecule has 0 amide bonds. The summed E-state index contributed by atoms with van der Waals surface area (Å²) >= 11 is 1.31. The first-order chi connectivity index (χ1) is 7.41. The maximum atomic E-state index is 11.6. The molecule has 4 nitrogen and oxygen atoms in total. The molecular formula is C10H14N2O2S2. The Kier molecular flexibility index (Phi) is 3.94. The zero-order chi connectivity index (χ0) is 12.3. The van der Waals surface area contributed by atoms with Crippen molar-refractivity contribution in [2.24, 2.45) is 0 Å². The van der Waals surface area contributed by atoms with Gasteiger partial charge in [0.2, 0.25) is 10.0 Å². The van der Waals surface area contributed by atoms with Gasteiger partial charge in [-0.2, -0.15) is 5.26 Å². The molecule has 1 aromatic heterocycles. The number of rotatable bonds is 4. The highest BCUT2D eigenvalue weighted by Crippen LogP contribution is 2.32. The van der Waals surface area contributed by atoms with Crippen LogP contribution in [-0.4, -0.2) is 14.2 Å². The van der Waals surface area contributed by atoms with Crippen LogP contribution in [0.1, 0.15) is 29.3 Å². The highest BCUT2D eigenvalue weighted by atomic mass is 32.2. The van der Waals surface area contributed by atoms with E-state index in [1.54, 1.807) is 6.92 Å². The molecule has 0 bridgehead atoms. The molecule has 1 rings (SSSR count). The smallest absolute Gasteiger partial charge is 0.233 e. The first-order valence-electron chi connectivity index (χ1n) is 4.92. The van der Waals surface area contributed by atoms with E-state index in [1.165, 1.54) is 11.3 Å². The molecule has 1 N–H and O–H groups in total. The van der Waals surface area contributed by atoms with Gasteiger partial charge in [-0.25, -0.2) is 8.42 Å². The number of nitrogens with one attached hydrogen (secondary N) is 1. The van der Waals surface area contributed by atoms with Gasteiger partial charge in [-0.1, -0.05) is 6.92 Å². The number of aryl methyl sites for hydroxylation is 1. The highest BCUT2D eigenvalue weighted by molar-refractivity contribution is 7.92. The average molecular weight is 258 g/mol. The summed E-state index contributed by atoms with van der Waals surface area (Å²) in [5.74, 6) is 0.0772. The average Bonchev–Trinajstić information content (AvgIpc) is 2.41. The normalized spacial score (nSPS) is 11.1. The van der Waals surface area contributed by atoms with E-state index in [-0.39, 0.29) is 5.75 Å². The summed E-state index contributed by atoms with van der Waals surface area (Å²) in [6, 6.07) is 2.03. The van der Waals surface area contributed by atoms with E-state index in [0.717, 1.165) is 10.4 Å². The van der Waals surface area contributed by atoms with Crippen LogP contribution >= 0.6 is 11.3 Å². The Bertz CT molecular complexity index is 524. The third-order valence-corrected chi connectivity index (χ3v) is 4.93. The summed E-state index contributed by atoms with van der Waals surface area (Å²) in [5.41, 5.74) is 1.28. The van der Waals surface area contributed by atoms with Crippen LogP contribution in [0.5, 0.6) is 0 Å². The zero-order valence-corrected chi connectivity index (χ0v) is 11.1. The molecule has 0 aliphatic heterocycles. The molecule has 0 atom stereocenters. The van der Waals surface area contributed by atoms with E-state index in [1.807, 2.05) is 19.9 Å². The number of hydrogen-bond donors (Lipinski definition) is 1. The summed E-state index contributed by atoms with van der Waals surface area (Å²) in [5, 5.41) is 9.40. The van der Waals surface area contributed by atoms with Gasteiger partial charge in [0.25, 0.3) is 0 Å². The first-order valence-corrected chi connectivity index (χ1v) is 7.38. The molecule has 0 aliphatic carbocycles. The first kappa shape index (κ1) is 13.0. The minimum Gasteiger partial charge on any atom is -0.273 e. The molecule has 6 heteroatoms. The second-order valence-corrected chi connectivity index (χ2v) is 6.59. The van der Waals surface area contributed by atoms with Gasteiger partial charge in [0.05, 0.1) is 11.3 Å². The SMILES string of the molecule is CCCS(=O)(=O)Nc1sc(C)c(C)c1C#N. The van der Waals surface area contributed by atoms with Crippen LogP contribution in [-0.2, 0) is 10.0 Å². The molecule has 0 aliphatic rings. The second kappa shape index (κ2) is 4.85. The van der Waals surface area contributed by atoms with Crippen LogP contribution in [0.3, 0.4) is 0 Å². The van der Waals surface area contributed by atoms with Crippen LogP contribution in [0.4, 0.5) is 5.00 Å². The van der Waals surface area contributed by atoms with Crippen LogP contribution < -0.4 is 4.72 Å². The summed E-state index contributed by atoms with van der Waals surface area (Å²) in [7, 11) is -3.31. The Morgan fingerprint density at radius 2 is 2.06 bits per heavy atom. The van der Waals surface area contributed by atoms with E-state index in [2.05, 4.69) is 4.72 Å². The number of nitrogens with zero attached hydrogens (tertiary/aromatic N) is 1. The van der Waals surface area contributed by atoms with E-state index in [9.17, 15) is 8.42 Å². The van der Waals surface area contributed by atoms with E-state index < -0.39 is 10.0 Å². The summed E-state index contributed by atoms with van der Waals surface area (Å²) < 4.78 is 25.6. The second-order valence-electron chi connectivity index (χ2n) is 3.52. The van der Waals surface area contributed by atoms with Crippen molar-refractivity contribution in [1.29, 1.82) is 5.26 Å². The van der Waals surface area contributed by atoms with Gasteiger partial charge in [0, 0.05) is 4.88 Å². The molecule has 0 saturated carbocycles. The maximum absolute atomic E-state index is 11.6. The topological polar surface area (TPSA) is 70.0 Å². The maximum Gasteiger partial charge on any atom is 0.233 e. The van der Waals surface area contributed by atoms with Crippen molar-refractivity contribution in [2.45, 2.75) is 27.2 Å². The monoisotopic (exact) mass is 258 g/mol. The molecular weight excluding hydrogens is 244 g/mol. The van der Waals surface area contributed by atoms with Gasteiger partial charge in [-0.15, -0.1) is 11.3 Å². The van der Waals surface area contributed by atoms with Gasteiger partial charge in [-0.3, -0.25) is 4.72 Å². The fraction of sp³-hybridized carbons (Fsp3) is 0.500. The molecule has 16 heavy (non-hydrogen) atoms. The third-order valence-electron chi connectivity index (χ3n) is 2.22. The predicted octanol–water partition coefficient (Wildman–Crippen LogP) is 2.39. The number of sulfonamides is 1. The van der Waals surface area contributed by atoms with Crippen LogP contribution in [0, 0.1) is 25.2 Å². The Morgan fingerprint density at radius 1 is 1.44 bits per heavy atom. The summed E-state index contributed by atoms with van der Waals surface area (Å²) in [4.78, 5) is 0.964. The van der Waals surface area contributed by atoms with Crippen molar-refractivity contribution in [3.8, 4) is 6.07 Å².